The van der Waals surface area contributed by atoms with Crippen LogP contribution < -0.4 is 0 Å². The zero-order valence-electron chi connectivity index (χ0n) is 14.1. The highest BCUT2D eigenvalue weighted by molar-refractivity contribution is 7.98. The molecule has 0 saturated heterocycles. The van der Waals surface area contributed by atoms with Gasteiger partial charge in [-0.1, -0.05) is 48.0 Å². The maximum absolute atomic E-state index is 6.33. The van der Waals surface area contributed by atoms with Crippen molar-refractivity contribution in [3.63, 3.8) is 0 Å². The summed E-state index contributed by atoms with van der Waals surface area (Å²) in [7, 11) is 0. The minimum atomic E-state index is 0.527. The molecule has 0 radical (unpaired) electrons. The van der Waals surface area contributed by atoms with E-state index in [1.807, 2.05) is 10.6 Å². The summed E-state index contributed by atoms with van der Waals surface area (Å²) in [6, 6.07) is 5.31. The SMILES string of the molecule is C=CCn1c(SCc2nnnn2CCC)nnc1-c1ccc(Cl)cc1Cl. The smallest absolute Gasteiger partial charge is 0.192 e. The van der Waals surface area contributed by atoms with Crippen LogP contribution >= 0.6 is 35.0 Å². The van der Waals surface area contributed by atoms with E-state index in [9.17, 15) is 0 Å². The molecule has 3 aromatic rings. The zero-order chi connectivity index (χ0) is 18.5. The Balaban J connectivity index is 1.87. The number of tetrazole rings is 1. The fraction of sp³-hybridized carbons (Fsp3) is 0.312. The normalized spacial score (nSPS) is 11.0. The molecule has 2 heterocycles. The Morgan fingerprint density at radius 3 is 2.81 bits per heavy atom. The van der Waals surface area contributed by atoms with Gasteiger partial charge in [-0.05, 0) is 35.0 Å². The Bertz CT molecular complexity index is 906. The van der Waals surface area contributed by atoms with Gasteiger partial charge in [-0.15, -0.1) is 21.9 Å². The standard InChI is InChI=1S/C16H17Cl2N7S/c1-3-7-24-15(12-6-5-11(17)9-13(12)18)20-21-16(24)26-10-14-19-22-23-25(14)8-4-2/h3,5-6,9H,1,4,7-8,10H2,2H3. The second kappa shape index (κ2) is 8.66. The van der Waals surface area contributed by atoms with Crippen molar-refractivity contribution in [2.45, 2.75) is 37.3 Å². The van der Waals surface area contributed by atoms with Crippen molar-refractivity contribution in [1.29, 1.82) is 0 Å². The van der Waals surface area contributed by atoms with Crippen LogP contribution in [0.2, 0.25) is 10.0 Å². The molecule has 0 bridgehead atoms. The predicted molar refractivity (Wildman–Crippen MR) is 103 cm³/mol. The van der Waals surface area contributed by atoms with Gasteiger partial charge in [0.1, 0.15) is 0 Å². The number of nitrogens with zero attached hydrogens (tertiary/aromatic N) is 7. The molecule has 7 nitrogen and oxygen atoms in total. The molecule has 2 aromatic heterocycles. The van der Waals surface area contributed by atoms with Crippen LogP contribution in [0.3, 0.4) is 0 Å². The van der Waals surface area contributed by atoms with Crippen LogP contribution in [0.5, 0.6) is 0 Å². The first kappa shape index (κ1) is 18.9. The Hall–Kier alpha value is -1.90. The van der Waals surface area contributed by atoms with Crippen LogP contribution in [0, 0.1) is 0 Å². The minimum Gasteiger partial charge on any atom is -0.298 e. The third-order valence-electron chi connectivity index (χ3n) is 3.57. The Morgan fingerprint density at radius 1 is 1.23 bits per heavy atom. The van der Waals surface area contributed by atoms with Gasteiger partial charge in [-0.3, -0.25) is 4.57 Å². The summed E-state index contributed by atoms with van der Waals surface area (Å²) in [5, 5.41) is 22.3. The predicted octanol–water partition coefficient (Wildman–Crippen LogP) is 4.13. The van der Waals surface area contributed by atoms with E-state index in [2.05, 4.69) is 39.2 Å². The fourth-order valence-electron chi connectivity index (χ4n) is 2.40. The lowest BCUT2D eigenvalue weighted by atomic mass is 10.2. The number of hydrogen-bond donors (Lipinski definition) is 0. The summed E-state index contributed by atoms with van der Waals surface area (Å²) in [5.74, 6) is 2.06. The number of benzene rings is 1. The van der Waals surface area contributed by atoms with E-state index in [1.54, 1.807) is 22.9 Å². The summed E-state index contributed by atoms with van der Waals surface area (Å²) < 4.78 is 3.76. The monoisotopic (exact) mass is 409 g/mol. The molecule has 0 aliphatic rings. The number of hydrogen-bond acceptors (Lipinski definition) is 6. The molecule has 0 atom stereocenters. The fourth-order valence-corrected chi connectivity index (χ4v) is 3.77. The van der Waals surface area contributed by atoms with E-state index in [0.29, 0.717) is 28.2 Å². The Morgan fingerprint density at radius 2 is 2.08 bits per heavy atom. The summed E-state index contributed by atoms with van der Waals surface area (Å²) in [6.07, 6.45) is 2.76. The third-order valence-corrected chi connectivity index (χ3v) is 5.08. The van der Waals surface area contributed by atoms with Gasteiger partial charge in [0.2, 0.25) is 0 Å². The molecule has 0 spiro atoms. The highest BCUT2D eigenvalue weighted by Crippen LogP contribution is 2.32. The first-order chi connectivity index (χ1) is 12.6. The second-order valence-electron chi connectivity index (χ2n) is 5.44. The summed E-state index contributed by atoms with van der Waals surface area (Å²) in [6.45, 7) is 7.25. The third kappa shape index (κ3) is 4.08. The van der Waals surface area contributed by atoms with Crippen molar-refractivity contribution < 1.29 is 0 Å². The molecule has 10 heteroatoms. The van der Waals surface area contributed by atoms with Crippen molar-refractivity contribution in [3.8, 4) is 11.4 Å². The number of allylic oxidation sites excluding steroid dienone is 1. The number of halogens is 2. The van der Waals surface area contributed by atoms with Crippen molar-refractivity contribution in [2.24, 2.45) is 0 Å². The molecule has 3 rings (SSSR count). The van der Waals surface area contributed by atoms with E-state index in [-0.39, 0.29) is 0 Å². The first-order valence-corrected chi connectivity index (χ1v) is 9.75. The number of aromatic nitrogens is 7. The van der Waals surface area contributed by atoms with Crippen LogP contribution in [0.25, 0.3) is 11.4 Å². The van der Waals surface area contributed by atoms with E-state index in [0.717, 1.165) is 29.5 Å². The van der Waals surface area contributed by atoms with Crippen molar-refractivity contribution >= 4 is 35.0 Å². The lowest BCUT2D eigenvalue weighted by Gasteiger charge is -2.09. The van der Waals surface area contributed by atoms with Crippen LogP contribution in [-0.4, -0.2) is 35.0 Å². The van der Waals surface area contributed by atoms with E-state index < -0.39 is 0 Å². The van der Waals surface area contributed by atoms with Gasteiger partial charge in [-0.2, -0.15) is 0 Å². The van der Waals surface area contributed by atoms with Crippen LogP contribution in [0.4, 0.5) is 0 Å². The van der Waals surface area contributed by atoms with Crippen LogP contribution in [0.1, 0.15) is 19.2 Å². The highest BCUT2D eigenvalue weighted by Gasteiger charge is 2.17. The molecule has 26 heavy (non-hydrogen) atoms. The average molecular weight is 410 g/mol. The van der Waals surface area contributed by atoms with E-state index >= 15 is 0 Å². The van der Waals surface area contributed by atoms with Crippen molar-refractivity contribution in [3.05, 3.63) is 46.7 Å². The lowest BCUT2D eigenvalue weighted by molar-refractivity contribution is 0.564. The first-order valence-electron chi connectivity index (χ1n) is 8.01. The average Bonchev–Trinajstić information content (AvgIpc) is 3.21. The van der Waals surface area contributed by atoms with E-state index in [1.165, 1.54) is 11.8 Å². The number of aryl methyl sites for hydroxylation is 1. The molecule has 0 unspecified atom stereocenters. The Kier molecular flexibility index (Phi) is 6.29. The minimum absolute atomic E-state index is 0.527. The molecule has 136 valence electrons. The molecule has 0 aliphatic heterocycles. The lowest BCUT2D eigenvalue weighted by Crippen LogP contribution is -2.05. The summed E-state index contributed by atoms with van der Waals surface area (Å²) >= 11 is 13.8. The molecule has 0 N–H and O–H groups in total. The largest absolute Gasteiger partial charge is 0.298 e. The summed E-state index contributed by atoms with van der Waals surface area (Å²) in [4.78, 5) is 0. The maximum Gasteiger partial charge on any atom is 0.192 e. The highest BCUT2D eigenvalue weighted by atomic mass is 35.5. The van der Waals surface area contributed by atoms with E-state index in [4.69, 9.17) is 23.2 Å². The van der Waals surface area contributed by atoms with Crippen molar-refractivity contribution in [2.75, 3.05) is 0 Å². The molecule has 0 aliphatic carbocycles. The van der Waals surface area contributed by atoms with Gasteiger partial charge in [0, 0.05) is 23.7 Å². The second-order valence-corrected chi connectivity index (χ2v) is 7.22. The molecular weight excluding hydrogens is 393 g/mol. The molecule has 0 fully saturated rings. The molecule has 0 amide bonds. The van der Waals surface area contributed by atoms with Gasteiger partial charge < -0.3 is 0 Å². The van der Waals surface area contributed by atoms with Crippen LogP contribution in [0.15, 0.2) is 36.0 Å². The number of rotatable bonds is 8. The quantitative estimate of drug-likeness (QED) is 0.411. The zero-order valence-corrected chi connectivity index (χ0v) is 16.5. The van der Waals surface area contributed by atoms with Gasteiger partial charge >= 0.3 is 0 Å². The molecule has 1 aromatic carbocycles. The van der Waals surface area contributed by atoms with Gasteiger partial charge in [0.15, 0.2) is 16.8 Å². The molecule has 0 saturated carbocycles. The van der Waals surface area contributed by atoms with Crippen LogP contribution in [-0.2, 0) is 18.8 Å². The summed E-state index contributed by atoms with van der Waals surface area (Å²) in [5.41, 5.74) is 0.771. The van der Waals surface area contributed by atoms with Gasteiger partial charge in [0.25, 0.3) is 0 Å². The van der Waals surface area contributed by atoms with Crippen molar-refractivity contribution in [1.82, 2.24) is 35.0 Å². The van der Waals surface area contributed by atoms with Gasteiger partial charge in [-0.25, -0.2) is 4.68 Å². The topological polar surface area (TPSA) is 74.3 Å². The Labute approximate surface area is 165 Å². The molecular formula is C16H17Cl2N7S. The van der Waals surface area contributed by atoms with Gasteiger partial charge in [0.05, 0.1) is 10.8 Å². The maximum atomic E-state index is 6.33. The number of thioether (sulfide) groups is 1.